The molecule has 0 radical (unpaired) electrons. The van der Waals surface area contributed by atoms with Gasteiger partial charge in [0.2, 0.25) is 5.95 Å². The van der Waals surface area contributed by atoms with Crippen LogP contribution < -0.4 is 15.4 Å². The molecule has 2 aromatic heterocycles. The Morgan fingerprint density at radius 1 is 1.12 bits per heavy atom. The Morgan fingerprint density at radius 3 is 2.75 bits per heavy atom. The molecule has 8 heteroatoms. The van der Waals surface area contributed by atoms with E-state index in [2.05, 4.69) is 26.6 Å². The highest BCUT2D eigenvalue weighted by atomic mass is 16.5. The van der Waals surface area contributed by atoms with E-state index < -0.39 is 0 Å². The van der Waals surface area contributed by atoms with Gasteiger partial charge in [-0.05, 0) is 31.5 Å². The number of hydrogen-bond donors (Lipinski definition) is 1. The lowest BCUT2D eigenvalue weighted by Gasteiger charge is -2.34. The van der Waals surface area contributed by atoms with Crippen molar-refractivity contribution in [1.82, 2.24) is 19.9 Å². The van der Waals surface area contributed by atoms with Gasteiger partial charge in [0.25, 0.3) is 5.56 Å². The maximum absolute atomic E-state index is 13.5. The number of nitrogens with one attached hydrogen (secondary N) is 1. The van der Waals surface area contributed by atoms with Gasteiger partial charge in [-0.1, -0.05) is 31.2 Å². The first-order valence-corrected chi connectivity index (χ1v) is 11.5. The first kappa shape index (κ1) is 20.9. The zero-order chi connectivity index (χ0) is 22.1. The van der Waals surface area contributed by atoms with Gasteiger partial charge >= 0.3 is 0 Å². The molecule has 1 aromatic carbocycles. The van der Waals surface area contributed by atoms with Crippen LogP contribution >= 0.6 is 0 Å². The number of nitrogens with zero attached hydrogens (tertiary/aromatic N) is 5. The number of morpholine rings is 1. The topological polar surface area (TPSA) is 77.6 Å². The fourth-order valence-electron chi connectivity index (χ4n) is 4.82. The second-order valence-electron chi connectivity index (χ2n) is 8.44. The second kappa shape index (κ2) is 8.88. The van der Waals surface area contributed by atoms with Crippen molar-refractivity contribution < 1.29 is 4.74 Å². The summed E-state index contributed by atoms with van der Waals surface area (Å²) in [5.74, 6) is 1.29. The summed E-state index contributed by atoms with van der Waals surface area (Å²) in [4.78, 5) is 33.0. The first-order chi connectivity index (χ1) is 15.7. The van der Waals surface area contributed by atoms with Crippen LogP contribution in [0.15, 0.2) is 41.2 Å². The summed E-state index contributed by atoms with van der Waals surface area (Å²) in [6.45, 7) is 6.91. The number of rotatable bonds is 5. The van der Waals surface area contributed by atoms with E-state index in [1.807, 2.05) is 43.4 Å². The molecule has 0 amide bonds. The van der Waals surface area contributed by atoms with Crippen LogP contribution in [-0.4, -0.2) is 72.5 Å². The molecule has 1 atom stereocenters. The lowest BCUT2D eigenvalue weighted by molar-refractivity contribution is 0.122. The van der Waals surface area contributed by atoms with E-state index >= 15 is 0 Å². The molecule has 0 aliphatic carbocycles. The molecule has 2 aliphatic rings. The number of benzene rings is 1. The van der Waals surface area contributed by atoms with Crippen LogP contribution in [0.25, 0.3) is 22.2 Å². The summed E-state index contributed by atoms with van der Waals surface area (Å²) in [5.41, 5.74) is 1.88. The molecule has 0 spiro atoms. The molecule has 4 heterocycles. The van der Waals surface area contributed by atoms with Crippen molar-refractivity contribution in [3.8, 4) is 11.3 Å². The SMILES string of the molecule is CCN1CCCC1N(C)c1nc(N2CCOCC2)[nH]c(=O)c1-c1ccc2ccccc2n1. The van der Waals surface area contributed by atoms with Gasteiger partial charge in [-0.15, -0.1) is 0 Å². The van der Waals surface area contributed by atoms with E-state index in [1.165, 1.54) is 0 Å². The molecule has 3 aromatic rings. The zero-order valence-electron chi connectivity index (χ0n) is 18.8. The number of para-hydroxylation sites is 1. The number of likely N-dealkylation sites (tertiary alicyclic amines) is 1. The number of aromatic nitrogens is 3. The van der Waals surface area contributed by atoms with Gasteiger partial charge in [0, 0.05) is 32.1 Å². The van der Waals surface area contributed by atoms with Gasteiger partial charge < -0.3 is 14.5 Å². The van der Waals surface area contributed by atoms with Gasteiger partial charge in [0.15, 0.2) is 0 Å². The number of fused-ring (bicyclic) bond motifs is 1. The third-order valence-electron chi connectivity index (χ3n) is 6.57. The van der Waals surface area contributed by atoms with E-state index in [0.29, 0.717) is 49.3 Å². The normalized spacial score (nSPS) is 19.6. The summed E-state index contributed by atoms with van der Waals surface area (Å²) in [6, 6.07) is 11.9. The first-order valence-electron chi connectivity index (χ1n) is 11.5. The van der Waals surface area contributed by atoms with Crippen molar-refractivity contribution in [3.05, 3.63) is 46.8 Å². The predicted octanol–water partition coefficient (Wildman–Crippen LogP) is 2.70. The van der Waals surface area contributed by atoms with Gasteiger partial charge in [-0.2, -0.15) is 4.98 Å². The van der Waals surface area contributed by atoms with Crippen LogP contribution in [0.3, 0.4) is 0 Å². The number of aromatic amines is 1. The Morgan fingerprint density at radius 2 is 1.94 bits per heavy atom. The molecule has 168 valence electrons. The molecule has 0 bridgehead atoms. The Balaban J connectivity index is 1.64. The molecule has 2 saturated heterocycles. The van der Waals surface area contributed by atoms with E-state index in [9.17, 15) is 4.79 Å². The minimum absolute atomic E-state index is 0.160. The number of anilines is 2. The van der Waals surface area contributed by atoms with Crippen LogP contribution in [0.1, 0.15) is 19.8 Å². The lowest BCUT2D eigenvalue weighted by Crippen LogP contribution is -2.44. The van der Waals surface area contributed by atoms with Crippen molar-refractivity contribution in [1.29, 1.82) is 0 Å². The fraction of sp³-hybridized carbons (Fsp3) is 0.458. The quantitative estimate of drug-likeness (QED) is 0.662. The average Bonchev–Trinajstić information content (AvgIpc) is 3.32. The summed E-state index contributed by atoms with van der Waals surface area (Å²) >= 11 is 0. The maximum Gasteiger partial charge on any atom is 0.263 e. The number of ether oxygens (including phenoxy) is 1. The standard InChI is InChI=1S/C24H30N6O2/c1-3-29-12-6-9-20(29)28(2)22-21(19-11-10-17-7-4-5-8-18(17)25-19)23(31)27-24(26-22)30-13-15-32-16-14-30/h4-5,7-8,10-11,20H,3,6,9,12-16H2,1-2H3,(H,26,27,31). The fourth-order valence-corrected chi connectivity index (χ4v) is 4.82. The maximum atomic E-state index is 13.5. The summed E-state index contributed by atoms with van der Waals surface area (Å²) in [5, 5.41) is 1.05. The molecule has 1 N–H and O–H groups in total. The second-order valence-corrected chi connectivity index (χ2v) is 8.44. The number of H-pyrrole nitrogens is 1. The third-order valence-corrected chi connectivity index (χ3v) is 6.57. The Hall–Kier alpha value is -2.97. The highest BCUT2D eigenvalue weighted by molar-refractivity contribution is 5.83. The number of pyridine rings is 1. The van der Waals surface area contributed by atoms with E-state index in [4.69, 9.17) is 14.7 Å². The zero-order valence-corrected chi connectivity index (χ0v) is 18.8. The minimum Gasteiger partial charge on any atom is -0.378 e. The van der Waals surface area contributed by atoms with Crippen molar-refractivity contribution in [2.75, 3.05) is 56.2 Å². The monoisotopic (exact) mass is 434 g/mol. The molecule has 32 heavy (non-hydrogen) atoms. The van der Waals surface area contributed by atoms with Gasteiger partial charge in [-0.25, -0.2) is 4.98 Å². The lowest BCUT2D eigenvalue weighted by atomic mass is 10.1. The molecule has 2 aliphatic heterocycles. The molecule has 0 saturated carbocycles. The van der Waals surface area contributed by atoms with Crippen molar-refractivity contribution in [2.45, 2.75) is 25.9 Å². The van der Waals surface area contributed by atoms with Crippen LogP contribution in [0, 0.1) is 0 Å². The molecule has 2 fully saturated rings. The predicted molar refractivity (Wildman–Crippen MR) is 127 cm³/mol. The van der Waals surface area contributed by atoms with Gasteiger partial charge in [0.05, 0.1) is 30.6 Å². The average molecular weight is 435 g/mol. The Bertz CT molecular complexity index is 1160. The van der Waals surface area contributed by atoms with E-state index in [0.717, 1.165) is 36.8 Å². The van der Waals surface area contributed by atoms with Crippen LogP contribution in [0.4, 0.5) is 11.8 Å². The van der Waals surface area contributed by atoms with Crippen molar-refractivity contribution in [2.24, 2.45) is 0 Å². The van der Waals surface area contributed by atoms with Crippen LogP contribution in [0.2, 0.25) is 0 Å². The largest absolute Gasteiger partial charge is 0.378 e. The summed E-state index contributed by atoms with van der Waals surface area (Å²) in [7, 11) is 2.05. The highest BCUT2D eigenvalue weighted by Crippen LogP contribution is 2.31. The van der Waals surface area contributed by atoms with Gasteiger partial charge in [0.1, 0.15) is 11.4 Å². The molecule has 5 rings (SSSR count). The van der Waals surface area contributed by atoms with Crippen molar-refractivity contribution in [3.63, 3.8) is 0 Å². The van der Waals surface area contributed by atoms with E-state index in [-0.39, 0.29) is 11.7 Å². The summed E-state index contributed by atoms with van der Waals surface area (Å²) in [6.07, 6.45) is 2.41. The summed E-state index contributed by atoms with van der Waals surface area (Å²) < 4.78 is 5.48. The molecular weight excluding hydrogens is 404 g/mol. The molecular formula is C24H30N6O2. The number of hydrogen-bond acceptors (Lipinski definition) is 7. The van der Waals surface area contributed by atoms with Gasteiger partial charge in [-0.3, -0.25) is 14.7 Å². The highest BCUT2D eigenvalue weighted by Gasteiger charge is 2.31. The minimum atomic E-state index is -0.160. The molecule has 1 unspecified atom stereocenters. The smallest absolute Gasteiger partial charge is 0.263 e. The molecule has 8 nitrogen and oxygen atoms in total. The van der Waals surface area contributed by atoms with E-state index in [1.54, 1.807) is 0 Å². The van der Waals surface area contributed by atoms with Crippen LogP contribution in [0.5, 0.6) is 0 Å². The van der Waals surface area contributed by atoms with Crippen molar-refractivity contribution >= 4 is 22.7 Å². The Labute approximate surface area is 187 Å². The third kappa shape index (κ3) is 3.84. The Kier molecular flexibility index (Phi) is 5.80. The van der Waals surface area contributed by atoms with Crippen LogP contribution in [-0.2, 0) is 4.74 Å².